The van der Waals surface area contributed by atoms with Crippen molar-refractivity contribution in [3.05, 3.63) is 71.3 Å². The number of aromatic nitrogens is 2. The number of primary amides is 1. The summed E-state index contributed by atoms with van der Waals surface area (Å²) in [6, 6.07) is 13.3. The smallest absolute Gasteiger partial charge is 0.258 e. The van der Waals surface area contributed by atoms with Crippen molar-refractivity contribution in [1.29, 1.82) is 0 Å². The van der Waals surface area contributed by atoms with Crippen molar-refractivity contribution in [2.45, 2.75) is 0 Å². The van der Waals surface area contributed by atoms with Gasteiger partial charge in [0.15, 0.2) is 0 Å². The Balaban J connectivity index is 1.75. The lowest BCUT2D eigenvalue weighted by molar-refractivity contribution is -0.105. The van der Waals surface area contributed by atoms with Crippen LogP contribution in [0.2, 0.25) is 0 Å². The summed E-state index contributed by atoms with van der Waals surface area (Å²) in [4.78, 5) is 54.8. The number of hydrogen-bond acceptors (Lipinski definition) is 7. The number of carbonyl (C=O) groups excluding carboxylic acids is 4. The summed E-state index contributed by atoms with van der Waals surface area (Å²) >= 11 is 0. The molecule has 0 saturated heterocycles. The van der Waals surface area contributed by atoms with Gasteiger partial charge in [-0.25, -0.2) is 0 Å². The Hall–Kier alpha value is -4.80. The van der Waals surface area contributed by atoms with E-state index in [1.165, 1.54) is 49.6 Å². The minimum atomic E-state index is -0.608. The number of nitrogens with one attached hydrogen (secondary N) is 3. The Kier molecular flexibility index (Phi) is 6.71. The van der Waals surface area contributed by atoms with Gasteiger partial charge < -0.3 is 21.1 Å². The van der Waals surface area contributed by atoms with E-state index in [2.05, 4.69) is 25.9 Å². The molecule has 0 radical (unpaired) electrons. The summed E-state index contributed by atoms with van der Waals surface area (Å²) in [6.07, 6.45) is 0.532. The summed E-state index contributed by atoms with van der Waals surface area (Å²) in [5, 5.41) is 7.58. The van der Waals surface area contributed by atoms with Crippen molar-refractivity contribution in [2.24, 2.45) is 5.73 Å². The SMILES string of the molecule is COc1cc(NC(=O)c2ccc(NC=O)cc2)nc(NC(=O)c2ccc(C(N)=O)cc2)n1. The molecular formula is C21H18N6O5. The predicted octanol–water partition coefficient (Wildman–Crippen LogP) is 1.66. The van der Waals surface area contributed by atoms with E-state index in [-0.39, 0.29) is 28.8 Å². The topological polar surface area (TPSA) is 165 Å². The largest absolute Gasteiger partial charge is 0.481 e. The first kappa shape index (κ1) is 21.9. The van der Waals surface area contributed by atoms with E-state index >= 15 is 0 Å². The molecule has 5 N–H and O–H groups in total. The normalized spacial score (nSPS) is 10.0. The maximum atomic E-state index is 12.5. The molecule has 0 atom stereocenters. The van der Waals surface area contributed by atoms with Crippen LogP contribution in [-0.4, -0.2) is 41.2 Å². The van der Waals surface area contributed by atoms with Crippen LogP contribution in [0.1, 0.15) is 31.1 Å². The number of hydrogen-bond donors (Lipinski definition) is 4. The fraction of sp³-hybridized carbons (Fsp3) is 0.0476. The van der Waals surface area contributed by atoms with Gasteiger partial charge >= 0.3 is 0 Å². The van der Waals surface area contributed by atoms with Crippen LogP contribution in [0, 0.1) is 0 Å². The van der Waals surface area contributed by atoms with E-state index in [1.807, 2.05) is 0 Å². The number of ether oxygens (including phenoxy) is 1. The number of benzene rings is 2. The summed E-state index contributed by atoms with van der Waals surface area (Å²) in [5.74, 6) is -1.51. The Morgan fingerprint density at radius 1 is 0.875 bits per heavy atom. The predicted molar refractivity (Wildman–Crippen MR) is 116 cm³/mol. The molecule has 0 fully saturated rings. The molecule has 3 aromatic rings. The first-order valence-corrected chi connectivity index (χ1v) is 9.15. The lowest BCUT2D eigenvalue weighted by Crippen LogP contribution is -2.18. The molecule has 0 saturated carbocycles. The number of rotatable bonds is 8. The molecule has 0 aliphatic carbocycles. The van der Waals surface area contributed by atoms with Crippen molar-refractivity contribution in [3.63, 3.8) is 0 Å². The van der Waals surface area contributed by atoms with Crippen molar-refractivity contribution < 1.29 is 23.9 Å². The maximum Gasteiger partial charge on any atom is 0.258 e. The molecule has 1 heterocycles. The number of amides is 4. The summed E-state index contributed by atoms with van der Waals surface area (Å²) in [7, 11) is 1.38. The van der Waals surface area contributed by atoms with Crippen LogP contribution in [0.15, 0.2) is 54.6 Å². The Morgan fingerprint density at radius 2 is 1.44 bits per heavy atom. The second-order valence-corrected chi connectivity index (χ2v) is 6.31. The van der Waals surface area contributed by atoms with E-state index in [1.54, 1.807) is 12.1 Å². The van der Waals surface area contributed by atoms with Gasteiger partial charge in [-0.05, 0) is 48.5 Å². The fourth-order valence-electron chi connectivity index (χ4n) is 2.58. The highest BCUT2D eigenvalue weighted by Crippen LogP contribution is 2.18. The van der Waals surface area contributed by atoms with E-state index in [0.29, 0.717) is 17.7 Å². The summed E-state index contributed by atoms with van der Waals surface area (Å²) in [5.41, 5.74) is 6.55. The van der Waals surface area contributed by atoms with Crippen molar-refractivity contribution in [1.82, 2.24) is 9.97 Å². The lowest BCUT2D eigenvalue weighted by atomic mass is 10.1. The van der Waals surface area contributed by atoms with Gasteiger partial charge in [0.2, 0.25) is 24.1 Å². The first-order chi connectivity index (χ1) is 15.4. The minimum absolute atomic E-state index is 0.0938. The number of nitrogens with two attached hydrogens (primary N) is 1. The molecule has 0 aliphatic heterocycles. The number of nitrogens with zero attached hydrogens (tertiary/aromatic N) is 2. The third-order valence-electron chi connectivity index (χ3n) is 4.18. The molecule has 0 unspecified atom stereocenters. The fourth-order valence-corrected chi connectivity index (χ4v) is 2.58. The Morgan fingerprint density at radius 3 is 2.00 bits per heavy atom. The molecule has 0 aliphatic rings. The van der Waals surface area contributed by atoms with Gasteiger partial charge in [0.05, 0.1) is 7.11 Å². The molecule has 0 spiro atoms. The standard InChI is InChI=1S/C21H18N6O5/c1-32-17-10-16(24-19(30)14-6-8-15(9-7-14)23-11-28)25-21(26-17)27-20(31)13-4-2-12(3-5-13)18(22)29/h2-11H,1H3,(H2,22,29)(H,23,28)(H2,24,25,26,27,30,31). The zero-order valence-electron chi connectivity index (χ0n) is 16.8. The number of anilines is 3. The van der Waals surface area contributed by atoms with E-state index in [4.69, 9.17) is 10.5 Å². The van der Waals surface area contributed by atoms with Crippen LogP contribution >= 0.6 is 0 Å². The second kappa shape index (κ2) is 9.80. The van der Waals surface area contributed by atoms with Crippen LogP contribution in [0.3, 0.4) is 0 Å². The highest BCUT2D eigenvalue weighted by Gasteiger charge is 2.14. The molecule has 0 bridgehead atoms. The monoisotopic (exact) mass is 434 g/mol. The van der Waals surface area contributed by atoms with Crippen LogP contribution in [0.25, 0.3) is 0 Å². The first-order valence-electron chi connectivity index (χ1n) is 9.15. The van der Waals surface area contributed by atoms with Gasteiger partial charge in [0.1, 0.15) is 5.82 Å². The second-order valence-electron chi connectivity index (χ2n) is 6.31. The van der Waals surface area contributed by atoms with E-state index in [0.717, 1.165) is 0 Å². The van der Waals surface area contributed by atoms with Gasteiger partial charge in [0, 0.05) is 28.4 Å². The molecule has 11 nitrogen and oxygen atoms in total. The molecule has 3 rings (SSSR count). The quantitative estimate of drug-likeness (QED) is 0.391. The Labute approximate surface area is 182 Å². The third kappa shape index (κ3) is 5.42. The van der Waals surface area contributed by atoms with Crippen LogP contribution in [0.5, 0.6) is 5.88 Å². The van der Waals surface area contributed by atoms with Gasteiger partial charge in [0.25, 0.3) is 11.8 Å². The molecule has 4 amide bonds. The Bertz CT molecular complexity index is 1160. The van der Waals surface area contributed by atoms with Gasteiger partial charge in [-0.3, -0.25) is 24.5 Å². The van der Waals surface area contributed by atoms with E-state index < -0.39 is 17.7 Å². The van der Waals surface area contributed by atoms with E-state index in [9.17, 15) is 19.2 Å². The van der Waals surface area contributed by atoms with Crippen molar-refractivity contribution in [2.75, 3.05) is 23.1 Å². The zero-order chi connectivity index (χ0) is 23.1. The molecule has 11 heteroatoms. The average molecular weight is 434 g/mol. The molecular weight excluding hydrogens is 416 g/mol. The highest BCUT2D eigenvalue weighted by molar-refractivity contribution is 6.05. The lowest BCUT2D eigenvalue weighted by Gasteiger charge is -2.10. The summed E-state index contributed by atoms with van der Waals surface area (Å²) in [6.45, 7) is 0. The zero-order valence-corrected chi connectivity index (χ0v) is 16.8. The molecule has 1 aromatic heterocycles. The number of carbonyl (C=O) groups is 4. The van der Waals surface area contributed by atoms with Crippen molar-refractivity contribution >= 4 is 41.6 Å². The van der Waals surface area contributed by atoms with Crippen LogP contribution in [0.4, 0.5) is 17.5 Å². The molecule has 32 heavy (non-hydrogen) atoms. The van der Waals surface area contributed by atoms with Crippen LogP contribution < -0.4 is 26.4 Å². The number of methoxy groups -OCH3 is 1. The average Bonchev–Trinajstić information content (AvgIpc) is 2.79. The van der Waals surface area contributed by atoms with Gasteiger partial charge in [-0.2, -0.15) is 9.97 Å². The van der Waals surface area contributed by atoms with Gasteiger partial charge in [-0.1, -0.05) is 0 Å². The maximum absolute atomic E-state index is 12.5. The van der Waals surface area contributed by atoms with Crippen molar-refractivity contribution in [3.8, 4) is 5.88 Å². The molecule has 162 valence electrons. The summed E-state index contributed by atoms with van der Waals surface area (Å²) < 4.78 is 5.11. The third-order valence-corrected chi connectivity index (χ3v) is 4.18. The highest BCUT2D eigenvalue weighted by atomic mass is 16.5. The van der Waals surface area contributed by atoms with Gasteiger partial charge in [-0.15, -0.1) is 0 Å². The minimum Gasteiger partial charge on any atom is -0.481 e. The molecule has 2 aromatic carbocycles. The van der Waals surface area contributed by atoms with Crippen LogP contribution in [-0.2, 0) is 4.79 Å².